The molecule has 0 saturated carbocycles. The van der Waals surface area contributed by atoms with Crippen molar-refractivity contribution in [1.82, 2.24) is 34.4 Å². The summed E-state index contributed by atoms with van der Waals surface area (Å²) in [5.74, 6) is 2.09. The van der Waals surface area contributed by atoms with E-state index in [0.717, 1.165) is 0 Å². The maximum Gasteiger partial charge on any atom is 0.407 e. The van der Waals surface area contributed by atoms with Crippen molar-refractivity contribution in [2.75, 3.05) is 36.5 Å². The van der Waals surface area contributed by atoms with Crippen LogP contribution in [0.15, 0.2) is 59.7 Å². The Labute approximate surface area is 240 Å². The van der Waals surface area contributed by atoms with Crippen molar-refractivity contribution in [1.29, 1.82) is 0 Å². The maximum absolute atomic E-state index is 11.5. The van der Waals surface area contributed by atoms with Crippen LogP contribution in [0, 0.1) is 0 Å². The molecule has 0 bridgehead atoms. The molecule has 4 aromatic heterocycles. The number of aromatic nitrogens is 6. The zero-order valence-electron chi connectivity index (χ0n) is 20.6. The van der Waals surface area contributed by atoms with E-state index in [2.05, 4.69) is 41.3 Å². The van der Waals surface area contributed by atoms with Crippen LogP contribution >= 0.6 is 27.5 Å². The summed E-state index contributed by atoms with van der Waals surface area (Å²) in [7, 11) is 0. The van der Waals surface area contributed by atoms with Gasteiger partial charge in [0.05, 0.1) is 27.7 Å². The lowest BCUT2D eigenvalue weighted by molar-refractivity contribution is 0.0909. The number of carboxylic acid groups (broad SMARTS) is 1. The Morgan fingerprint density at radius 1 is 1.15 bits per heavy atom. The Morgan fingerprint density at radius 2 is 2.02 bits per heavy atom. The molecule has 15 heteroatoms. The van der Waals surface area contributed by atoms with Crippen LogP contribution in [-0.2, 0) is 0 Å². The van der Waals surface area contributed by atoms with Crippen LogP contribution in [0.25, 0.3) is 16.7 Å². The zero-order valence-corrected chi connectivity index (χ0v) is 23.0. The minimum atomic E-state index is -1.06. The van der Waals surface area contributed by atoms with Crippen molar-refractivity contribution >= 4 is 67.6 Å². The lowest BCUT2D eigenvalue weighted by atomic mass is 10.2. The van der Waals surface area contributed by atoms with Crippen molar-refractivity contribution in [2.24, 2.45) is 0 Å². The van der Waals surface area contributed by atoms with E-state index in [1.165, 1.54) is 17.6 Å². The number of pyridine rings is 2. The Kier molecular flexibility index (Phi) is 6.96. The third-order valence-corrected chi connectivity index (χ3v) is 7.34. The standard InChI is InChI=1S/C25H21BrClN9O4/c26-17-9-19-22(33-24(17)34-5-6-35(25(38)39)15(10-34)11-37)23(30-12-28-19)32-14-1-2-20(18(27)7-14)40-16-3-4-36-21(8-16)29-13-31-36/h1-4,7-9,12-13,15,37H,5-6,10-11H2,(H,38,39)(H,28,30,32)/t15-/m0/s1. The van der Waals surface area contributed by atoms with Crippen LogP contribution in [-0.4, -0.2) is 83.0 Å². The number of nitrogens with one attached hydrogen (secondary N) is 1. The molecule has 1 amide bonds. The second-order valence-electron chi connectivity index (χ2n) is 8.94. The predicted molar refractivity (Wildman–Crippen MR) is 151 cm³/mol. The van der Waals surface area contributed by atoms with Crippen molar-refractivity contribution in [3.05, 3.63) is 64.7 Å². The smallest absolute Gasteiger partial charge is 0.407 e. The average molecular weight is 627 g/mol. The number of fused-ring (bicyclic) bond motifs is 2. The Morgan fingerprint density at radius 3 is 2.83 bits per heavy atom. The molecule has 1 aliphatic rings. The largest absolute Gasteiger partial charge is 0.465 e. The number of benzene rings is 1. The molecule has 5 aromatic rings. The maximum atomic E-state index is 11.5. The molecule has 0 radical (unpaired) electrons. The van der Waals surface area contributed by atoms with Gasteiger partial charge in [-0.2, -0.15) is 5.10 Å². The van der Waals surface area contributed by atoms with Gasteiger partial charge in [-0.3, -0.25) is 4.90 Å². The van der Waals surface area contributed by atoms with Gasteiger partial charge in [0, 0.05) is 37.6 Å². The Balaban J connectivity index is 1.25. The lowest BCUT2D eigenvalue weighted by Crippen LogP contribution is -2.56. The number of amides is 1. The number of hydrogen-bond donors (Lipinski definition) is 3. The van der Waals surface area contributed by atoms with E-state index in [4.69, 9.17) is 21.3 Å². The number of piperazine rings is 1. The molecular formula is C25H21BrClN9O4. The summed E-state index contributed by atoms with van der Waals surface area (Å²) in [4.78, 5) is 32.4. The SMILES string of the molecule is O=C(O)N1CCN(c2nc3c(Nc4ccc(Oc5ccn6ncnc6c5)c(Cl)c4)ncnc3cc2Br)C[C@H]1CO. The summed E-state index contributed by atoms with van der Waals surface area (Å²) in [5.41, 5.74) is 2.43. The van der Waals surface area contributed by atoms with Crippen molar-refractivity contribution in [3.63, 3.8) is 0 Å². The molecule has 0 aliphatic carbocycles. The molecule has 13 nitrogen and oxygen atoms in total. The van der Waals surface area contributed by atoms with E-state index >= 15 is 0 Å². The summed E-state index contributed by atoms with van der Waals surface area (Å²) in [5, 5.41) is 26.9. The van der Waals surface area contributed by atoms with Gasteiger partial charge in [-0.25, -0.2) is 29.2 Å². The summed E-state index contributed by atoms with van der Waals surface area (Å²) < 4.78 is 8.28. The van der Waals surface area contributed by atoms with Gasteiger partial charge in [-0.15, -0.1) is 0 Å². The highest BCUT2D eigenvalue weighted by molar-refractivity contribution is 9.10. The Hall–Kier alpha value is -4.27. The predicted octanol–water partition coefficient (Wildman–Crippen LogP) is 4.18. The fourth-order valence-corrected chi connectivity index (χ4v) is 5.28. The molecule has 1 saturated heterocycles. The second-order valence-corrected chi connectivity index (χ2v) is 10.2. The van der Waals surface area contributed by atoms with Crippen molar-refractivity contribution < 1.29 is 19.7 Å². The number of anilines is 3. The van der Waals surface area contributed by atoms with Gasteiger partial charge in [0.15, 0.2) is 11.5 Å². The number of aliphatic hydroxyl groups is 1. The summed E-state index contributed by atoms with van der Waals surface area (Å²) in [6.45, 7) is 0.650. The fraction of sp³-hybridized carbons (Fsp3) is 0.200. The van der Waals surface area contributed by atoms with Gasteiger partial charge in [0.25, 0.3) is 0 Å². The number of carbonyl (C=O) groups is 1. The molecule has 1 aromatic carbocycles. The van der Waals surface area contributed by atoms with Crippen molar-refractivity contribution in [3.8, 4) is 11.5 Å². The molecule has 0 spiro atoms. The normalized spacial score (nSPS) is 15.5. The first-order valence-electron chi connectivity index (χ1n) is 12.1. The van der Waals surface area contributed by atoms with Gasteiger partial charge < -0.3 is 25.2 Å². The van der Waals surface area contributed by atoms with E-state index < -0.39 is 12.1 Å². The number of ether oxygens (including phenoxy) is 1. The molecule has 3 N–H and O–H groups in total. The number of hydrogen-bond acceptors (Lipinski definition) is 10. The highest BCUT2D eigenvalue weighted by Crippen LogP contribution is 2.35. The van der Waals surface area contributed by atoms with Gasteiger partial charge in [0.2, 0.25) is 0 Å². The topological polar surface area (TPSA) is 154 Å². The molecule has 40 heavy (non-hydrogen) atoms. The van der Waals surface area contributed by atoms with Gasteiger partial charge in [-0.1, -0.05) is 11.6 Å². The summed E-state index contributed by atoms with van der Waals surface area (Å²) >= 11 is 10.1. The van der Waals surface area contributed by atoms with Crippen LogP contribution in [0.4, 0.5) is 22.1 Å². The van der Waals surface area contributed by atoms with Crippen LogP contribution < -0.4 is 15.0 Å². The fourth-order valence-electron chi connectivity index (χ4n) is 4.51. The number of rotatable bonds is 6. The first kappa shape index (κ1) is 26.0. The van der Waals surface area contributed by atoms with Crippen LogP contribution in [0.1, 0.15) is 0 Å². The minimum absolute atomic E-state index is 0.239. The monoisotopic (exact) mass is 625 g/mol. The molecule has 1 aliphatic heterocycles. The molecular weight excluding hydrogens is 606 g/mol. The van der Waals surface area contributed by atoms with E-state index in [0.29, 0.717) is 61.5 Å². The molecule has 1 atom stereocenters. The lowest BCUT2D eigenvalue weighted by Gasteiger charge is -2.40. The Bertz CT molecular complexity index is 1740. The second kappa shape index (κ2) is 10.7. The summed E-state index contributed by atoms with van der Waals surface area (Å²) in [6.07, 6.45) is 3.59. The first-order valence-corrected chi connectivity index (χ1v) is 13.3. The number of nitrogens with zero attached hydrogens (tertiary/aromatic N) is 8. The third kappa shape index (κ3) is 5.03. The highest BCUT2D eigenvalue weighted by atomic mass is 79.9. The first-order chi connectivity index (χ1) is 19.4. The van der Waals surface area contributed by atoms with E-state index in [1.54, 1.807) is 35.0 Å². The van der Waals surface area contributed by atoms with E-state index in [-0.39, 0.29) is 19.7 Å². The highest BCUT2D eigenvalue weighted by Gasteiger charge is 2.31. The minimum Gasteiger partial charge on any atom is -0.465 e. The van der Waals surface area contributed by atoms with Crippen LogP contribution in [0.2, 0.25) is 5.02 Å². The van der Waals surface area contributed by atoms with E-state index in [9.17, 15) is 15.0 Å². The number of aliphatic hydroxyl groups excluding tert-OH is 1. The van der Waals surface area contributed by atoms with Gasteiger partial charge >= 0.3 is 6.09 Å². The molecule has 6 rings (SSSR count). The van der Waals surface area contributed by atoms with Gasteiger partial charge in [0.1, 0.15) is 35.5 Å². The summed E-state index contributed by atoms with van der Waals surface area (Å²) in [6, 6.07) is 10.1. The van der Waals surface area contributed by atoms with Gasteiger partial charge in [-0.05, 0) is 46.3 Å². The molecule has 0 unspecified atom stereocenters. The van der Waals surface area contributed by atoms with Crippen LogP contribution in [0.3, 0.4) is 0 Å². The average Bonchev–Trinajstić information content (AvgIpc) is 3.42. The third-order valence-electron chi connectivity index (χ3n) is 6.46. The van der Waals surface area contributed by atoms with E-state index in [1.807, 2.05) is 17.0 Å². The molecule has 204 valence electrons. The number of halogens is 2. The van der Waals surface area contributed by atoms with Crippen molar-refractivity contribution in [2.45, 2.75) is 6.04 Å². The van der Waals surface area contributed by atoms with Crippen LogP contribution in [0.5, 0.6) is 11.5 Å². The molecule has 1 fully saturated rings. The quantitative estimate of drug-likeness (QED) is 0.249. The molecule has 5 heterocycles. The zero-order chi connectivity index (χ0) is 27.8.